The van der Waals surface area contributed by atoms with Crippen LogP contribution >= 0.6 is 11.3 Å². The van der Waals surface area contributed by atoms with E-state index in [9.17, 15) is 14.7 Å². The highest BCUT2D eigenvalue weighted by Crippen LogP contribution is 2.35. The highest BCUT2D eigenvalue weighted by molar-refractivity contribution is 7.10. The summed E-state index contributed by atoms with van der Waals surface area (Å²) >= 11 is 1.72. The largest absolute Gasteiger partial charge is 0.481 e. The SMILES string of the molecule is O=C(NC1CCCC1C(=O)O)C1CCCc2sccc21. The third-order valence-corrected chi connectivity index (χ3v) is 5.53. The Hall–Kier alpha value is -1.36. The summed E-state index contributed by atoms with van der Waals surface area (Å²) in [5.41, 5.74) is 1.16. The van der Waals surface area contributed by atoms with Gasteiger partial charge in [-0.05, 0) is 49.1 Å². The second-order valence-corrected chi connectivity index (χ2v) is 6.74. The topological polar surface area (TPSA) is 66.4 Å². The van der Waals surface area contributed by atoms with Crippen LogP contribution in [0.4, 0.5) is 0 Å². The molecule has 1 saturated carbocycles. The molecule has 1 fully saturated rings. The number of carboxylic acids is 1. The van der Waals surface area contributed by atoms with E-state index in [4.69, 9.17) is 0 Å². The number of rotatable bonds is 3. The predicted octanol–water partition coefficient (Wildman–Crippen LogP) is 2.54. The molecule has 1 amide bonds. The Kier molecular flexibility index (Phi) is 3.78. The van der Waals surface area contributed by atoms with Gasteiger partial charge in [0.1, 0.15) is 0 Å². The molecular weight excluding hydrogens is 274 g/mol. The lowest BCUT2D eigenvalue weighted by Crippen LogP contribution is -2.42. The van der Waals surface area contributed by atoms with E-state index >= 15 is 0 Å². The average molecular weight is 293 g/mol. The predicted molar refractivity (Wildman–Crippen MR) is 76.9 cm³/mol. The molecule has 1 aromatic rings. The van der Waals surface area contributed by atoms with Gasteiger partial charge < -0.3 is 10.4 Å². The van der Waals surface area contributed by atoms with Crippen molar-refractivity contribution in [2.45, 2.75) is 50.5 Å². The molecule has 4 nitrogen and oxygen atoms in total. The van der Waals surface area contributed by atoms with Crippen molar-refractivity contribution < 1.29 is 14.7 Å². The maximum atomic E-state index is 12.5. The molecule has 0 bridgehead atoms. The minimum atomic E-state index is -0.785. The lowest BCUT2D eigenvalue weighted by atomic mass is 9.86. The fourth-order valence-corrected chi connectivity index (χ4v) is 4.46. The number of carboxylic acid groups (broad SMARTS) is 1. The molecule has 2 N–H and O–H groups in total. The molecule has 0 aromatic carbocycles. The lowest BCUT2D eigenvalue weighted by Gasteiger charge is -2.25. The summed E-state index contributed by atoms with van der Waals surface area (Å²) in [7, 11) is 0. The standard InChI is InChI=1S/C15H19NO3S/c17-14(16-12-5-1-4-11(12)15(18)19)10-3-2-6-13-9(10)7-8-20-13/h7-8,10-12H,1-6H2,(H,16,17)(H,18,19). The number of hydrogen-bond acceptors (Lipinski definition) is 3. The van der Waals surface area contributed by atoms with Crippen LogP contribution in [0.5, 0.6) is 0 Å². The summed E-state index contributed by atoms with van der Waals surface area (Å²) in [4.78, 5) is 25.0. The van der Waals surface area contributed by atoms with Gasteiger partial charge in [-0.1, -0.05) is 6.42 Å². The Morgan fingerprint density at radius 3 is 2.90 bits per heavy atom. The van der Waals surface area contributed by atoms with Crippen LogP contribution in [-0.2, 0) is 16.0 Å². The second-order valence-electron chi connectivity index (χ2n) is 5.73. The van der Waals surface area contributed by atoms with Gasteiger partial charge in [0.05, 0.1) is 11.8 Å². The molecule has 0 radical (unpaired) electrons. The number of aryl methyl sites for hydroxylation is 1. The highest BCUT2D eigenvalue weighted by Gasteiger charge is 2.36. The molecule has 1 heterocycles. The quantitative estimate of drug-likeness (QED) is 0.900. The molecule has 2 aliphatic carbocycles. The van der Waals surface area contributed by atoms with E-state index in [-0.39, 0.29) is 17.9 Å². The maximum Gasteiger partial charge on any atom is 0.308 e. The average Bonchev–Trinajstić information content (AvgIpc) is 3.05. The van der Waals surface area contributed by atoms with Crippen molar-refractivity contribution >= 4 is 23.2 Å². The van der Waals surface area contributed by atoms with E-state index in [0.717, 1.165) is 37.7 Å². The van der Waals surface area contributed by atoms with Crippen LogP contribution in [0.1, 0.15) is 48.5 Å². The monoisotopic (exact) mass is 293 g/mol. The zero-order valence-electron chi connectivity index (χ0n) is 11.3. The van der Waals surface area contributed by atoms with Gasteiger partial charge in [-0.2, -0.15) is 0 Å². The number of nitrogens with one attached hydrogen (secondary N) is 1. The Morgan fingerprint density at radius 1 is 1.25 bits per heavy atom. The minimum absolute atomic E-state index is 0.0162. The van der Waals surface area contributed by atoms with Gasteiger partial charge in [0.2, 0.25) is 5.91 Å². The van der Waals surface area contributed by atoms with E-state index in [2.05, 4.69) is 5.32 Å². The summed E-state index contributed by atoms with van der Waals surface area (Å²) in [6.07, 6.45) is 5.33. The first kappa shape index (κ1) is 13.6. The van der Waals surface area contributed by atoms with E-state index < -0.39 is 11.9 Å². The molecule has 3 unspecified atom stereocenters. The van der Waals surface area contributed by atoms with Gasteiger partial charge in [0.15, 0.2) is 0 Å². The molecule has 0 saturated heterocycles. The van der Waals surface area contributed by atoms with Gasteiger partial charge in [0.25, 0.3) is 0 Å². The van der Waals surface area contributed by atoms with Crippen LogP contribution in [0, 0.1) is 5.92 Å². The van der Waals surface area contributed by atoms with Crippen LogP contribution in [0.2, 0.25) is 0 Å². The molecular formula is C15H19NO3S. The Balaban J connectivity index is 1.70. The first-order chi connectivity index (χ1) is 9.66. The Labute approximate surface area is 122 Å². The number of amides is 1. The summed E-state index contributed by atoms with van der Waals surface area (Å²) in [5, 5.41) is 14.2. The summed E-state index contributed by atoms with van der Waals surface area (Å²) < 4.78 is 0. The number of carbonyl (C=O) groups excluding carboxylic acids is 1. The van der Waals surface area contributed by atoms with Crippen molar-refractivity contribution in [3.8, 4) is 0 Å². The van der Waals surface area contributed by atoms with E-state index in [1.54, 1.807) is 11.3 Å². The third kappa shape index (κ3) is 2.46. The molecule has 3 atom stereocenters. The first-order valence-corrected chi connectivity index (χ1v) is 8.14. The number of carbonyl (C=O) groups is 2. The van der Waals surface area contributed by atoms with Crippen LogP contribution in [0.3, 0.4) is 0 Å². The second kappa shape index (κ2) is 5.56. The first-order valence-electron chi connectivity index (χ1n) is 7.26. The van der Waals surface area contributed by atoms with Crippen LogP contribution in [-0.4, -0.2) is 23.0 Å². The fraction of sp³-hybridized carbons (Fsp3) is 0.600. The maximum absolute atomic E-state index is 12.5. The molecule has 2 aliphatic rings. The van der Waals surface area contributed by atoms with E-state index in [0.29, 0.717) is 6.42 Å². The van der Waals surface area contributed by atoms with Crippen molar-refractivity contribution in [2.24, 2.45) is 5.92 Å². The van der Waals surface area contributed by atoms with Gasteiger partial charge in [0, 0.05) is 10.9 Å². The number of thiophene rings is 1. The Morgan fingerprint density at radius 2 is 2.10 bits per heavy atom. The number of fused-ring (bicyclic) bond motifs is 1. The zero-order valence-corrected chi connectivity index (χ0v) is 12.1. The molecule has 3 rings (SSSR count). The molecule has 20 heavy (non-hydrogen) atoms. The summed E-state index contributed by atoms with van der Waals surface area (Å²) in [5.74, 6) is -1.26. The highest BCUT2D eigenvalue weighted by atomic mass is 32.1. The van der Waals surface area contributed by atoms with Gasteiger partial charge in [-0.3, -0.25) is 9.59 Å². The van der Waals surface area contributed by atoms with E-state index in [1.165, 1.54) is 4.88 Å². The van der Waals surface area contributed by atoms with Gasteiger partial charge in [-0.25, -0.2) is 0 Å². The number of hydrogen-bond donors (Lipinski definition) is 2. The Bertz CT molecular complexity index is 525. The summed E-state index contributed by atoms with van der Waals surface area (Å²) in [6.45, 7) is 0. The van der Waals surface area contributed by atoms with Crippen LogP contribution in [0.15, 0.2) is 11.4 Å². The number of aliphatic carboxylic acids is 1. The van der Waals surface area contributed by atoms with E-state index in [1.807, 2.05) is 11.4 Å². The van der Waals surface area contributed by atoms with Crippen molar-refractivity contribution in [1.82, 2.24) is 5.32 Å². The molecule has 0 spiro atoms. The van der Waals surface area contributed by atoms with Crippen molar-refractivity contribution in [2.75, 3.05) is 0 Å². The van der Waals surface area contributed by atoms with Crippen LogP contribution < -0.4 is 5.32 Å². The van der Waals surface area contributed by atoms with Crippen molar-refractivity contribution in [3.63, 3.8) is 0 Å². The molecule has 108 valence electrons. The van der Waals surface area contributed by atoms with Gasteiger partial charge in [-0.15, -0.1) is 11.3 Å². The van der Waals surface area contributed by atoms with Crippen LogP contribution in [0.25, 0.3) is 0 Å². The molecule has 1 aromatic heterocycles. The minimum Gasteiger partial charge on any atom is -0.481 e. The zero-order chi connectivity index (χ0) is 14.1. The fourth-order valence-electron chi connectivity index (χ4n) is 3.47. The molecule has 0 aliphatic heterocycles. The van der Waals surface area contributed by atoms with Crippen molar-refractivity contribution in [1.29, 1.82) is 0 Å². The summed E-state index contributed by atoms with van der Waals surface area (Å²) in [6, 6.07) is 1.86. The smallest absolute Gasteiger partial charge is 0.308 e. The third-order valence-electron chi connectivity index (χ3n) is 4.53. The lowest BCUT2D eigenvalue weighted by molar-refractivity contribution is -0.142. The van der Waals surface area contributed by atoms with Gasteiger partial charge >= 0.3 is 5.97 Å². The molecule has 5 heteroatoms. The van der Waals surface area contributed by atoms with Crippen molar-refractivity contribution in [3.05, 3.63) is 21.9 Å². The normalized spacial score (nSPS) is 28.9.